The number of hydrogen-bond donors (Lipinski definition) is 7. The number of unbranched alkanes of at least 4 members (excludes halogenated alkanes) is 1. The maximum absolute atomic E-state index is 13.3. The predicted octanol–water partition coefficient (Wildman–Crippen LogP) is -0.970. The van der Waals surface area contributed by atoms with Crippen molar-refractivity contribution in [2.24, 2.45) is 5.73 Å². The molecule has 17 heteroatoms. The minimum Gasteiger partial charge on any atom is -0.493 e. The summed E-state index contributed by atoms with van der Waals surface area (Å²) >= 11 is 0. The molecule has 0 saturated carbocycles. The summed E-state index contributed by atoms with van der Waals surface area (Å²) in [7, 11) is 0. The quantitative estimate of drug-likeness (QED) is 0.0926. The van der Waals surface area contributed by atoms with Gasteiger partial charge in [0.1, 0.15) is 30.4 Å². The van der Waals surface area contributed by atoms with Crippen LogP contribution in [-0.2, 0) is 24.0 Å². The number of ether oxygens (including phenoxy) is 1. The maximum atomic E-state index is 13.3. The standard InChI is InChI=1S/C25H34N6O11/c26-10-2-1-4-17-24(38)29-16(23(37)27-13-21(34)35)5-3-11-42-19-8-6-14(31(40)41)12-15(19)22(36)28-18(25(39)30-17)7-9-20(32)33/h6,8,12,16-18H,1-5,7,9-11,13,26H2,(H,27,37)(H,28,36)(H,29,38)(H,30,39)(H,32,33)(H,34,35)/t16-,17-,18-/m0/s1. The van der Waals surface area contributed by atoms with Crippen LogP contribution in [0.25, 0.3) is 0 Å². The van der Waals surface area contributed by atoms with Gasteiger partial charge in [-0.05, 0) is 51.1 Å². The molecule has 0 radical (unpaired) electrons. The lowest BCUT2D eigenvalue weighted by Gasteiger charge is -2.25. The topological polar surface area (TPSA) is 269 Å². The first-order valence-corrected chi connectivity index (χ1v) is 13.2. The van der Waals surface area contributed by atoms with Gasteiger partial charge in [0, 0.05) is 18.6 Å². The Morgan fingerprint density at radius 3 is 2.36 bits per heavy atom. The largest absolute Gasteiger partial charge is 0.493 e. The van der Waals surface area contributed by atoms with E-state index >= 15 is 0 Å². The first-order valence-electron chi connectivity index (χ1n) is 13.2. The van der Waals surface area contributed by atoms with Crippen molar-refractivity contribution in [2.45, 2.75) is 63.1 Å². The van der Waals surface area contributed by atoms with Gasteiger partial charge in [-0.3, -0.25) is 38.9 Å². The van der Waals surface area contributed by atoms with Gasteiger partial charge >= 0.3 is 11.9 Å². The highest BCUT2D eigenvalue weighted by Crippen LogP contribution is 2.25. The van der Waals surface area contributed by atoms with E-state index in [2.05, 4.69) is 21.3 Å². The molecular weight excluding hydrogens is 560 g/mol. The number of amides is 4. The number of nitro groups is 1. The Labute approximate surface area is 239 Å². The molecule has 0 aromatic heterocycles. The lowest BCUT2D eigenvalue weighted by molar-refractivity contribution is -0.384. The van der Waals surface area contributed by atoms with E-state index in [1.807, 2.05) is 0 Å². The third-order valence-corrected chi connectivity index (χ3v) is 6.21. The van der Waals surface area contributed by atoms with Crippen molar-refractivity contribution in [3.05, 3.63) is 33.9 Å². The van der Waals surface area contributed by atoms with Crippen LogP contribution in [0, 0.1) is 10.1 Å². The summed E-state index contributed by atoms with van der Waals surface area (Å²) in [5, 5.41) is 39.0. The van der Waals surface area contributed by atoms with Crippen molar-refractivity contribution < 1.29 is 48.6 Å². The SMILES string of the molecule is NCCCC[C@@H]1NC(=O)[C@H](CCC(=O)O)NC(=O)c2cc([N+](=O)[O-])ccc2OCCC[C@@H](C(=O)NCC(=O)O)NC1=O. The number of fused-ring (bicyclic) bond motifs is 1. The van der Waals surface area contributed by atoms with E-state index in [9.17, 15) is 38.9 Å². The van der Waals surface area contributed by atoms with Crippen molar-refractivity contribution in [2.75, 3.05) is 19.7 Å². The molecule has 0 bridgehead atoms. The number of carbonyl (C=O) groups excluding carboxylic acids is 4. The zero-order valence-corrected chi connectivity index (χ0v) is 22.6. The smallest absolute Gasteiger partial charge is 0.322 e. The van der Waals surface area contributed by atoms with Gasteiger partial charge < -0.3 is 42.0 Å². The van der Waals surface area contributed by atoms with Crippen LogP contribution >= 0.6 is 0 Å². The van der Waals surface area contributed by atoms with Crippen LogP contribution in [-0.4, -0.2) is 88.5 Å². The van der Waals surface area contributed by atoms with Crippen LogP contribution in [0.2, 0.25) is 0 Å². The third-order valence-electron chi connectivity index (χ3n) is 6.21. The van der Waals surface area contributed by atoms with Crippen LogP contribution in [0.3, 0.4) is 0 Å². The first kappa shape index (κ1) is 33.4. The molecule has 0 saturated heterocycles. The van der Waals surface area contributed by atoms with Gasteiger partial charge in [0.15, 0.2) is 0 Å². The van der Waals surface area contributed by atoms with Crippen molar-refractivity contribution in [3.8, 4) is 5.75 Å². The molecule has 1 heterocycles. The molecule has 0 spiro atoms. The van der Waals surface area contributed by atoms with Crippen molar-refractivity contribution in [1.82, 2.24) is 21.3 Å². The van der Waals surface area contributed by atoms with Gasteiger partial charge in [0.25, 0.3) is 11.6 Å². The number of aliphatic carboxylic acids is 2. The number of carboxylic acid groups (broad SMARTS) is 2. The highest BCUT2D eigenvalue weighted by Gasteiger charge is 2.31. The Balaban J connectivity index is 2.49. The molecule has 1 aliphatic heterocycles. The number of rotatable bonds is 11. The van der Waals surface area contributed by atoms with E-state index in [0.29, 0.717) is 19.4 Å². The average Bonchev–Trinajstić information content (AvgIpc) is 2.94. The zero-order valence-electron chi connectivity index (χ0n) is 22.6. The summed E-state index contributed by atoms with van der Waals surface area (Å²) in [6.07, 6.45) is 0.138. The monoisotopic (exact) mass is 594 g/mol. The first-order chi connectivity index (χ1) is 19.9. The van der Waals surface area contributed by atoms with Crippen LogP contribution in [0.5, 0.6) is 5.75 Å². The molecule has 3 atom stereocenters. The lowest BCUT2D eigenvalue weighted by Crippen LogP contribution is -2.57. The number of benzene rings is 1. The molecule has 0 fully saturated rings. The van der Waals surface area contributed by atoms with Crippen LogP contribution in [0.1, 0.15) is 55.3 Å². The summed E-state index contributed by atoms with van der Waals surface area (Å²) in [5.74, 6) is -6.09. The Morgan fingerprint density at radius 1 is 1.02 bits per heavy atom. The number of nitrogens with two attached hydrogens (primary N) is 1. The second-order valence-corrected chi connectivity index (χ2v) is 9.41. The van der Waals surface area contributed by atoms with Gasteiger partial charge in [0.2, 0.25) is 17.7 Å². The van der Waals surface area contributed by atoms with Gasteiger partial charge in [-0.2, -0.15) is 0 Å². The Morgan fingerprint density at radius 2 is 1.71 bits per heavy atom. The van der Waals surface area contributed by atoms with E-state index in [0.717, 1.165) is 12.1 Å². The second-order valence-electron chi connectivity index (χ2n) is 9.41. The van der Waals surface area contributed by atoms with Crippen molar-refractivity contribution >= 4 is 41.3 Å². The molecule has 8 N–H and O–H groups in total. The molecule has 4 amide bonds. The van der Waals surface area contributed by atoms with Gasteiger partial charge in [-0.15, -0.1) is 0 Å². The summed E-state index contributed by atoms with van der Waals surface area (Å²) in [6.45, 7) is -0.523. The third kappa shape index (κ3) is 10.6. The fourth-order valence-electron chi connectivity index (χ4n) is 4.04. The summed E-state index contributed by atoms with van der Waals surface area (Å²) in [6, 6.07) is -0.688. The number of carboxylic acids is 2. The molecular formula is C25H34N6O11. The highest BCUT2D eigenvalue weighted by molar-refractivity contribution is 6.01. The molecule has 230 valence electrons. The van der Waals surface area contributed by atoms with E-state index in [-0.39, 0.29) is 43.6 Å². The molecule has 1 aliphatic rings. The van der Waals surface area contributed by atoms with Gasteiger partial charge in [-0.1, -0.05) is 0 Å². The number of nitro benzene ring substituents is 1. The second kappa shape index (κ2) is 16.5. The summed E-state index contributed by atoms with van der Waals surface area (Å²) < 4.78 is 5.64. The summed E-state index contributed by atoms with van der Waals surface area (Å²) in [4.78, 5) is 85.2. The average molecular weight is 595 g/mol. The minimum atomic E-state index is -1.47. The van der Waals surface area contributed by atoms with Crippen LogP contribution < -0.4 is 31.7 Å². The number of nitrogens with zero attached hydrogens (tertiary/aromatic N) is 1. The Kier molecular flexibility index (Phi) is 13.1. The molecule has 42 heavy (non-hydrogen) atoms. The normalized spacial score (nSPS) is 19.8. The fourth-order valence-corrected chi connectivity index (χ4v) is 4.04. The van der Waals surface area contributed by atoms with E-state index in [1.165, 1.54) is 6.07 Å². The molecule has 1 aromatic carbocycles. The maximum Gasteiger partial charge on any atom is 0.322 e. The van der Waals surface area contributed by atoms with Crippen LogP contribution in [0.4, 0.5) is 5.69 Å². The molecule has 2 rings (SSSR count). The number of nitrogens with one attached hydrogen (secondary N) is 4. The molecule has 0 aliphatic carbocycles. The Hall–Kier alpha value is -4.80. The number of hydrogen-bond acceptors (Lipinski definition) is 10. The molecule has 17 nitrogen and oxygen atoms in total. The number of non-ortho nitro benzene ring substituents is 1. The van der Waals surface area contributed by atoms with Gasteiger partial charge in [0.05, 0.1) is 17.1 Å². The fraction of sp³-hybridized carbons (Fsp3) is 0.520. The van der Waals surface area contributed by atoms with E-state index in [4.69, 9.17) is 20.7 Å². The lowest BCUT2D eigenvalue weighted by atomic mass is 10.0. The van der Waals surface area contributed by atoms with Crippen molar-refractivity contribution in [3.63, 3.8) is 0 Å². The molecule has 0 unspecified atom stereocenters. The highest BCUT2D eigenvalue weighted by atomic mass is 16.6. The predicted molar refractivity (Wildman–Crippen MR) is 143 cm³/mol. The zero-order chi connectivity index (χ0) is 31.2. The minimum absolute atomic E-state index is 0.0313. The van der Waals surface area contributed by atoms with E-state index < -0.39 is 77.3 Å². The van der Waals surface area contributed by atoms with Crippen molar-refractivity contribution in [1.29, 1.82) is 0 Å². The van der Waals surface area contributed by atoms with E-state index in [1.54, 1.807) is 0 Å². The van der Waals surface area contributed by atoms with Gasteiger partial charge in [-0.25, -0.2) is 0 Å². The Bertz CT molecular complexity index is 1190. The van der Waals surface area contributed by atoms with Crippen LogP contribution in [0.15, 0.2) is 18.2 Å². The number of carbonyl (C=O) groups is 6. The summed E-state index contributed by atoms with van der Waals surface area (Å²) in [5.41, 5.74) is 4.80. The molecule has 1 aromatic rings.